The van der Waals surface area contributed by atoms with E-state index in [4.69, 9.17) is 4.98 Å². The monoisotopic (exact) mass is 356 g/mol. The number of H-pyrrole nitrogens is 1. The fourth-order valence-corrected chi connectivity index (χ4v) is 3.84. The molecule has 1 saturated heterocycles. The smallest absolute Gasteiger partial charge is 0.257 e. The molecule has 0 unspecified atom stereocenters. The molecule has 0 radical (unpaired) electrons. The third-order valence-electron chi connectivity index (χ3n) is 5.25. The van der Waals surface area contributed by atoms with E-state index in [1.54, 1.807) is 22.8 Å². The lowest BCUT2D eigenvalue weighted by Crippen LogP contribution is -2.40. The van der Waals surface area contributed by atoms with Crippen molar-refractivity contribution in [3.8, 4) is 0 Å². The minimum atomic E-state index is -0.0692. The first kappa shape index (κ1) is 16.8. The molecule has 138 valence electrons. The second kappa shape index (κ2) is 6.59. The minimum Gasteiger partial charge on any atom is -0.342 e. The SMILES string of the molecule is Cc1nn(C)cc1C(=O)N1CCc2c(nc(N3CCCCC3)[nH]c2=O)C1. The molecule has 0 atom stereocenters. The molecule has 0 saturated carbocycles. The highest BCUT2D eigenvalue weighted by Gasteiger charge is 2.27. The van der Waals surface area contributed by atoms with Crippen molar-refractivity contribution < 1.29 is 4.79 Å². The maximum Gasteiger partial charge on any atom is 0.257 e. The number of aromatic amines is 1. The Labute approximate surface area is 151 Å². The van der Waals surface area contributed by atoms with Crippen molar-refractivity contribution in [3.05, 3.63) is 39.1 Å². The number of aryl methyl sites for hydroxylation is 2. The zero-order chi connectivity index (χ0) is 18.3. The van der Waals surface area contributed by atoms with Crippen molar-refractivity contribution in [3.63, 3.8) is 0 Å². The zero-order valence-corrected chi connectivity index (χ0v) is 15.3. The van der Waals surface area contributed by atoms with Crippen LogP contribution in [0.3, 0.4) is 0 Å². The number of nitrogens with zero attached hydrogens (tertiary/aromatic N) is 5. The normalized spacial score (nSPS) is 17.3. The van der Waals surface area contributed by atoms with E-state index < -0.39 is 0 Å². The van der Waals surface area contributed by atoms with E-state index in [-0.39, 0.29) is 11.5 Å². The molecular weight excluding hydrogens is 332 g/mol. The summed E-state index contributed by atoms with van der Waals surface area (Å²) in [5.74, 6) is 0.586. The lowest BCUT2D eigenvalue weighted by molar-refractivity contribution is 0.0730. The molecule has 1 N–H and O–H groups in total. The summed E-state index contributed by atoms with van der Waals surface area (Å²) in [5, 5.41) is 4.25. The summed E-state index contributed by atoms with van der Waals surface area (Å²) in [6, 6.07) is 0. The summed E-state index contributed by atoms with van der Waals surface area (Å²) in [5.41, 5.74) is 2.68. The number of rotatable bonds is 2. The molecule has 0 spiro atoms. The van der Waals surface area contributed by atoms with Gasteiger partial charge < -0.3 is 9.80 Å². The molecule has 2 aliphatic rings. The first-order valence-electron chi connectivity index (χ1n) is 9.19. The number of hydrogen-bond acceptors (Lipinski definition) is 5. The first-order chi connectivity index (χ1) is 12.5. The van der Waals surface area contributed by atoms with Gasteiger partial charge in [-0.25, -0.2) is 4.98 Å². The summed E-state index contributed by atoms with van der Waals surface area (Å²) in [6.07, 6.45) is 5.73. The summed E-state index contributed by atoms with van der Waals surface area (Å²) in [7, 11) is 1.81. The summed E-state index contributed by atoms with van der Waals surface area (Å²) in [6.45, 7) is 4.56. The molecule has 0 bridgehead atoms. The van der Waals surface area contributed by atoms with Gasteiger partial charge in [0.05, 0.1) is 23.5 Å². The lowest BCUT2D eigenvalue weighted by Gasteiger charge is -2.30. The Morgan fingerprint density at radius 1 is 1.19 bits per heavy atom. The van der Waals surface area contributed by atoms with Gasteiger partial charge in [0, 0.05) is 38.4 Å². The van der Waals surface area contributed by atoms with Gasteiger partial charge in [-0.1, -0.05) is 0 Å². The van der Waals surface area contributed by atoms with Crippen LogP contribution in [0.15, 0.2) is 11.0 Å². The van der Waals surface area contributed by atoms with E-state index in [1.165, 1.54) is 6.42 Å². The quantitative estimate of drug-likeness (QED) is 0.867. The van der Waals surface area contributed by atoms with Gasteiger partial charge in [0.2, 0.25) is 5.95 Å². The van der Waals surface area contributed by atoms with Crippen LogP contribution in [0.5, 0.6) is 0 Å². The van der Waals surface area contributed by atoms with Crippen molar-refractivity contribution in [1.82, 2.24) is 24.6 Å². The van der Waals surface area contributed by atoms with E-state index in [0.717, 1.165) is 37.3 Å². The van der Waals surface area contributed by atoms with Crippen LogP contribution in [-0.2, 0) is 20.0 Å². The summed E-state index contributed by atoms with van der Waals surface area (Å²) < 4.78 is 1.65. The number of carbonyl (C=O) groups is 1. The molecule has 8 nitrogen and oxygen atoms in total. The second-order valence-corrected chi connectivity index (χ2v) is 7.14. The molecule has 2 aromatic rings. The third-order valence-corrected chi connectivity index (χ3v) is 5.25. The molecule has 0 aliphatic carbocycles. The molecule has 1 fully saturated rings. The van der Waals surface area contributed by atoms with Crippen molar-refractivity contribution in [2.45, 2.75) is 39.2 Å². The number of nitrogens with one attached hydrogen (secondary N) is 1. The Hall–Kier alpha value is -2.64. The molecule has 26 heavy (non-hydrogen) atoms. The van der Waals surface area contributed by atoms with Crippen molar-refractivity contribution in [2.24, 2.45) is 7.05 Å². The van der Waals surface area contributed by atoms with Crippen LogP contribution < -0.4 is 10.5 Å². The summed E-state index contributed by atoms with van der Waals surface area (Å²) >= 11 is 0. The van der Waals surface area contributed by atoms with Crippen LogP contribution in [0, 0.1) is 6.92 Å². The van der Waals surface area contributed by atoms with Gasteiger partial charge in [-0.15, -0.1) is 0 Å². The maximum absolute atomic E-state index is 12.9. The average molecular weight is 356 g/mol. The number of aromatic nitrogens is 4. The van der Waals surface area contributed by atoms with Gasteiger partial charge in [-0.3, -0.25) is 19.3 Å². The molecule has 1 amide bonds. The zero-order valence-electron chi connectivity index (χ0n) is 15.3. The average Bonchev–Trinajstić information content (AvgIpc) is 2.99. The molecule has 2 aliphatic heterocycles. The van der Waals surface area contributed by atoms with Crippen molar-refractivity contribution in [2.75, 3.05) is 24.5 Å². The summed E-state index contributed by atoms with van der Waals surface area (Å²) in [4.78, 5) is 36.9. The number of carbonyl (C=O) groups excluding carboxylic acids is 1. The number of amides is 1. The standard InChI is InChI=1S/C18H24N6O2/c1-12-14(10-22(2)21-12)17(26)24-9-6-13-15(11-24)19-18(20-16(13)25)23-7-4-3-5-8-23/h10H,3-9,11H2,1-2H3,(H,19,20,25). The van der Waals surface area contributed by atoms with Crippen molar-refractivity contribution >= 4 is 11.9 Å². The number of piperidine rings is 1. The van der Waals surface area contributed by atoms with Crippen LogP contribution in [-0.4, -0.2) is 50.2 Å². The van der Waals surface area contributed by atoms with Gasteiger partial charge in [-0.2, -0.15) is 5.10 Å². The first-order valence-corrected chi connectivity index (χ1v) is 9.19. The molecule has 4 rings (SSSR count). The van der Waals surface area contributed by atoms with Gasteiger partial charge >= 0.3 is 0 Å². The second-order valence-electron chi connectivity index (χ2n) is 7.14. The Morgan fingerprint density at radius 3 is 2.65 bits per heavy atom. The van der Waals surface area contributed by atoms with E-state index in [2.05, 4.69) is 15.0 Å². The van der Waals surface area contributed by atoms with Crippen LogP contribution in [0.1, 0.15) is 46.6 Å². The van der Waals surface area contributed by atoms with E-state index >= 15 is 0 Å². The number of fused-ring (bicyclic) bond motifs is 1. The largest absolute Gasteiger partial charge is 0.342 e. The minimum absolute atomic E-state index is 0.0529. The Morgan fingerprint density at radius 2 is 1.96 bits per heavy atom. The molecule has 4 heterocycles. The van der Waals surface area contributed by atoms with Crippen LogP contribution in [0.2, 0.25) is 0 Å². The fraction of sp³-hybridized carbons (Fsp3) is 0.556. The third kappa shape index (κ3) is 3.00. The van der Waals surface area contributed by atoms with Gasteiger partial charge in [0.15, 0.2) is 0 Å². The Bertz CT molecular complexity index is 894. The Balaban J connectivity index is 1.61. The topological polar surface area (TPSA) is 87.1 Å². The van der Waals surface area contributed by atoms with Crippen molar-refractivity contribution in [1.29, 1.82) is 0 Å². The molecular formula is C18H24N6O2. The maximum atomic E-state index is 12.9. The predicted molar refractivity (Wildman–Crippen MR) is 97.3 cm³/mol. The predicted octanol–water partition coefficient (Wildman–Crippen LogP) is 1.00. The highest BCUT2D eigenvalue weighted by atomic mass is 16.2. The van der Waals surface area contributed by atoms with Crippen LogP contribution >= 0.6 is 0 Å². The highest BCUT2D eigenvalue weighted by molar-refractivity contribution is 5.95. The lowest BCUT2D eigenvalue weighted by atomic mass is 10.1. The Kier molecular flexibility index (Phi) is 4.26. The van der Waals surface area contributed by atoms with E-state index in [1.807, 2.05) is 6.92 Å². The fourth-order valence-electron chi connectivity index (χ4n) is 3.84. The molecule has 2 aromatic heterocycles. The van der Waals surface area contributed by atoms with E-state index in [0.29, 0.717) is 36.6 Å². The van der Waals surface area contributed by atoms with Gasteiger partial charge in [0.25, 0.3) is 11.5 Å². The van der Waals surface area contributed by atoms with Crippen LogP contribution in [0.25, 0.3) is 0 Å². The molecule has 0 aromatic carbocycles. The van der Waals surface area contributed by atoms with Crippen LogP contribution in [0.4, 0.5) is 5.95 Å². The van der Waals surface area contributed by atoms with Gasteiger partial charge in [-0.05, 0) is 32.6 Å². The molecule has 8 heteroatoms. The number of hydrogen-bond donors (Lipinski definition) is 1. The highest BCUT2D eigenvalue weighted by Crippen LogP contribution is 2.21. The number of anilines is 1. The van der Waals surface area contributed by atoms with Gasteiger partial charge in [0.1, 0.15) is 0 Å². The van der Waals surface area contributed by atoms with E-state index in [9.17, 15) is 9.59 Å².